The highest BCUT2D eigenvalue weighted by Crippen LogP contribution is 2.22. The van der Waals surface area contributed by atoms with E-state index >= 15 is 0 Å². The maximum atomic E-state index is 9.61. The highest BCUT2D eigenvalue weighted by atomic mass is 16.3. The van der Waals surface area contributed by atoms with E-state index in [0.29, 0.717) is 12.6 Å². The molecule has 0 bridgehead atoms. The Hall–Kier alpha value is -1.55. The number of fused-ring (bicyclic) bond motifs is 1. The molecule has 0 amide bonds. The summed E-state index contributed by atoms with van der Waals surface area (Å²) >= 11 is 0. The minimum Gasteiger partial charge on any atom is -0.391 e. The number of benzene rings is 1. The molecule has 0 aliphatic carbocycles. The third-order valence-electron chi connectivity index (χ3n) is 3.41. The molecule has 3 rings (SSSR count). The summed E-state index contributed by atoms with van der Waals surface area (Å²) in [5.41, 5.74) is 1.25. The second-order valence-electron chi connectivity index (χ2n) is 4.70. The molecule has 0 spiro atoms. The van der Waals surface area contributed by atoms with Crippen LogP contribution in [0.3, 0.4) is 0 Å². The number of nitrogens with zero attached hydrogens (tertiary/aromatic N) is 2. The van der Waals surface area contributed by atoms with E-state index in [0.717, 1.165) is 25.5 Å². The number of nitrogens with one attached hydrogen (secondary N) is 1. The van der Waals surface area contributed by atoms with Crippen LogP contribution in [0.15, 0.2) is 35.3 Å². The molecule has 17 heavy (non-hydrogen) atoms. The zero-order chi connectivity index (χ0) is 11.7. The first-order valence-electron chi connectivity index (χ1n) is 6.10. The Labute approximate surface area is 101 Å². The molecular weight excluding hydrogens is 214 g/mol. The second kappa shape index (κ2) is 4.37. The molecule has 1 aromatic rings. The topological polar surface area (TPSA) is 47.9 Å². The summed E-state index contributed by atoms with van der Waals surface area (Å²) < 4.78 is 0. The molecule has 2 heterocycles. The Balaban J connectivity index is 1.60. The van der Waals surface area contributed by atoms with Gasteiger partial charge in [0.25, 0.3) is 0 Å². The molecule has 2 aliphatic rings. The van der Waals surface area contributed by atoms with Gasteiger partial charge in [-0.2, -0.15) is 0 Å². The van der Waals surface area contributed by atoms with Crippen molar-refractivity contribution >= 4 is 5.96 Å². The molecule has 4 heteroatoms. The van der Waals surface area contributed by atoms with E-state index in [1.807, 2.05) is 18.2 Å². The Kier molecular flexibility index (Phi) is 2.73. The maximum absolute atomic E-state index is 9.61. The normalized spacial score (nSPS) is 26.9. The molecule has 1 fully saturated rings. The molecule has 90 valence electrons. The Morgan fingerprint density at radius 3 is 3.00 bits per heavy atom. The van der Waals surface area contributed by atoms with Crippen molar-refractivity contribution in [2.75, 3.05) is 13.1 Å². The lowest BCUT2D eigenvalue weighted by molar-refractivity contribution is 0.187. The molecule has 1 aromatic carbocycles. The van der Waals surface area contributed by atoms with Crippen molar-refractivity contribution in [1.82, 2.24) is 10.2 Å². The van der Waals surface area contributed by atoms with Gasteiger partial charge in [-0.1, -0.05) is 30.3 Å². The quantitative estimate of drug-likeness (QED) is 0.783. The second-order valence-corrected chi connectivity index (χ2v) is 4.70. The van der Waals surface area contributed by atoms with E-state index in [9.17, 15) is 5.11 Å². The van der Waals surface area contributed by atoms with Crippen LogP contribution in [0.1, 0.15) is 12.0 Å². The van der Waals surface area contributed by atoms with Crippen molar-refractivity contribution in [2.24, 2.45) is 4.99 Å². The third-order valence-corrected chi connectivity index (χ3v) is 3.41. The first-order valence-corrected chi connectivity index (χ1v) is 6.10. The van der Waals surface area contributed by atoms with Crippen LogP contribution in [0, 0.1) is 0 Å². The average Bonchev–Trinajstić information content (AvgIpc) is 2.87. The first-order chi connectivity index (χ1) is 8.33. The lowest BCUT2D eigenvalue weighted by atomic mass is 10.2. The minimum absolute atomic E-state index is 0.191. The summed E-state index contributed by atoms with van der Waals surface area (Å²) in [4.78, 5) is 6.68. The van der Waals surface area contributed by atoms with Gasteiger partial charge in [0.1, 0.15) is 0 Å². The minimum atomic E-state index is -0.191. The molecule has 0 saturated carbocycles. The van der Waals surface area contributed by atoms with Gasteiger partial charge in [0.2, 0.25) is 0 Å². The SMILES string of the molecule is OC1CC2CN=C(NCc3ccccc3)N2C1. The standard InChI is InChI=1S/C13H17N3O/c17-12-6-11-8-15-13(16(11)9-12)14-7-10-4-2-1-3-5-10/h1-5,11-12,17H,6-9H2,(H,14,15). The van der Waals surface area contributed by atoms with Gasteiger partial charge in [-0.05, 0) is 12.0 Å². The zero-order valence-corrected chi connectivity index (χ0v) is 9.71. The Morgan fingerprint density at radius 2 is 2.18 bits per heavy atom. The number of aliphatic hydroxyl groups excluding tert-OH is 1. The number of guanidine groups is 1. The molecule has 2 N–H and O–H groups in total. The number of hydrogen-bond donors (Lipinski definition) is 2. The molecule has 4 nitrogen and oxygen atoms in total. The maximum Gasteiger partial charge on any atom is 0.194 e. The van der Waals surface area contributed by atoms with Crippen LogP contribution in [-0.2, 0) is 6.54 Å². The van der Waals surface area contributed by atoms with Gasteiger partial charge in [0.05, 0.1) is 18.7 Å². The molecule has 0 aromatic heterocycles. The van der Waals surface area contributed by atoms with Crippen molar-refractivity contribution in [1.29, 1.82) is 0 Å². The predicted molar refractivity (Wildman–Crippen MR) is 66.7 cm³/mol. The Bertz CT molecular complexity index is 418. The fourth-order valence-corrected chi connectivity index (χ4v) is 2.54. The summed E-state index contributed by atoms with van der Waals surface area (Å²) in [6.45, 7) is 2.32. The fourth-order valence-electron chi connectivity index (χ4n) is 2.54. The highest BCUT2D eigenvalue weighted by Gasteiger charge is 2.36. The van der Waals surface area contributed by atoms with Crippen LogP contribution < -0.4 is 5.32 Å². The number of aliphatic hydroxyl groups is 1. The van der Waals surface area contributed by atoms with Crippen LogP contribution in [0.5, 0.6) is 0 Å². The molecule has 2 aliphatic heterocycles. The monoisotopic (exact) mass is 231 g/mol. The Morgan fingerprint density at radius 1 is 1.35 bits per heavy atom. The van der Waals surface area contributed by atoms with E-state index in [-0.39, 0.29) is 6.10 Å². The van der Waals surface area contributed by atoms with Crippen LogP contribution in [0.25, 0.3) is 0 Å². The number of rotatable bonds is 2. The molecular formula is C13H17N3O. The van der Waals surface area contributed by atoms with Gasteiger partial charge in [0.15, 0.2) is 5.96 Å². The number of aliphatic imine (C=N–C) groups is 1. The summed E-state index contributed by atoms with van der Waals surface area (Å²) in [6, 6.07) is 10.7. The van der Waals surface area contributed by atoms with Gasteiger partial charge >= 0.3 is 0 Å². The van der Waals surface area contributed by atoms with E-state index in [1.54, 1.807) is 0 Å². The average molecular weight is 231 g/mol. The molecule has 0 radical (unpaired) electrons. The van der Waals surface area contributed by atoms with Gasteiger partial charge in [-0.3, -0.25) is 4.99 Å². The van der Waals surface area contributed by atoms with Crippen molar-refractivity contribution in [3.63, 3.8) is 0 Å². The van der Waals surface area contributed by atoms with Crippen LogP contribution in [-0.4, -0.2) is 41.2 Å². The summed E-state index contributed by atoms with van der Waals surface area (Å²) in [5.74, 6) is 0.940. The summed E-state index contributed by atoms with van der Waals surface area (Å²) in [7, 11) is 0. The van der Waals surface area contributed by atoms with Gasteiger partial charge in [0, 0.05) is 13.1 Å². The van der Waals surface area contributed by atoms with Crippen molar-refractivity contribution in [3.8, 4) is 0 Å². The van der Waals surface area contributed by atoms with Crippen molar-refractivity contribution in [3.05, 3.63) is 35.9 Å². The van der Waals surface area contributed by atoms with Gasteiger partial charge in [-0.15, -0.1) is 0 Å². The predicted octanol–water partition coefficient (Wildman–Crippen LogP) is 0.581. The molecule has 2 atom stereocenters. The smallest absolute Gasteiger partial charge is 0.194 e. The third kappa shape index (κ3) is 2.13. The lowest BCUT2D eigenvalue weighted by Crippen LogP contribution is -2.40. The largest absolute Gasteiger partial charge is 0.391 e. The van der Waals surface area contributed by atoms with Crippen LogP contribution in [0.4, 0.5) is 0 Å². The number of hydrogen-bond acceptors (Lipinski definition) is 4. The van der Waals surface area contributed by atoms with Crippen molar-refractivity contribution in [2.45, 2.75) is 25.1 Å². The summed E-state index contributed by atoms with van der Waals surface area (Å²) in [6.07, 6.45) is 0.657. The first kappa shape index (κ1) is 10.6. The fraction of sp³-hybridized carbons (Fsp3) is 0.462. The van der Waals surface area contributed by atoms with E-state index in [1.165, 1.54) is 5.56 Å². The summed E-state index contributed by atoms with van der Waals surface area (Å²) in [5, 5.41) is 13.0. The van der Waals surface area contributed by atoms with Gasteiger partial charge in [-0.25, -0.2) is 0 Å². The van der Waals surface area contributed by atoms with E-state index in [2.05, 4.69) is 27.3 Å². The highest BCUT2D eigenvalue weighted by molar-refractivity contribution is 5.82. The van der Waals surface area contributed by atoms with E-state index in [4.69, 9.17) is 0 Å². The molecule has 1 saturated heterocycles. The lowest BCUT2D eigenvalue weighted by Gasteiger charge is -2.20. The van der Waals surface area contributed by atoms with Crippen LogP contribution >= 0.6 is 0 Å². The molecule has 2 unspecified atom stereocenters. The van der Waals surface area contributed by atoms with Crippen molar-refractivity contribution < 1.29 is 5.11 Å². The van der Waals surface area contributed by atoms with Gasteiger partial charge < -0.3 is 15.3 Å². The van der Waals surface area contributed by atoms with E-state index < -0.39 is 0 Å². The zero-order valence-electron chi connectivity index (χ0n) is 9.71. The van der Waals surface area contributed by atoms with Crippen LogP contribution in [0.2, 0.25) is 0 Å².